The highest BCUT2D eigenvalue weighted by atomic mass is 32.2. The Morgan fingerprint density at radius 1 is 0.953 bits per heavy atom. The number of nitrogens with two attached hydrogens (primary N) is 1. The van der Waals surface area contributed by atoms with E-state index in [1.54, 1.807) is 6.20 Å². The summed E-state index contributed by atoms with van der Waals surface area (Å²) in [6.07, 6.45) is 2.83. The second kappa shape index (κ2) is 12.2. The zero-order valence-corrected chi connectivity index (χ0v) is 25.5. The van der Waals surface area contributed by atoms with Gasteiger partial charge in [-0.05, 0) is 54.9 Å². The minimum absolute atomic E-state index is 0.259. The minimum Gasteiger partial charge on any atom is -0.383 e. The number of nitrogens with zero attached hydrogens (tertiary/aromatic N) is 6. The van der Waals surface area contributed by atoms with Crippen LogP contribution in [0.15, 0.2) is 97.0 Å². The van der Waals surface area contributed by atoms with Crippen molar-refractivity contribution in [1.82, 2.24) is 28.7 Å². The number of rotatable bonds is 7. The van der Waals surface area contributed by atoms with Crippen molar-refractivity contribution in [2.75, 3.05) is 31.9 Å². The number of hydrogen-bond acceptors (Lipinski definition) is 6. The Morgan fingerprint density at radius 3 is 2.44 bits per heavy atom. The van der Waals surface area contributed by atoms with Crippen molar-refractivity contribution in [3.63, 3.8) is 0 Å². The molecule has 0 radical (unpaired) electrons. The number of likely N-dealkylation sites (tertiary alicyclic amines) is 1. The van der Waals surface area contributed by atoms with Gasteiger partial charge < -0.3 is 5.73 Å². The molecular formula is C34H37N7OS. The van der Waals surface area contributed by atoms with Crippen LogP contribution in [0.4, 0.5) is 5.82 Å². The quantitative estimate of drug-likeness (QED) is 0.247. The number of pyridine rings is 2. The van der Waals surface area contributed by atoms with Crippen molar-refractivity contribution < 1.29 is 4.21 Å². The average molecular weight is 592 g/mol. The molecule has 0 saturated carbocycles. The first-order valence-corrected chi connectivity index (χ1v) is 15.9. The molecule has 2 aliphatic heterocycles. The molecule has 1 unspecified atom stereocenters. The van der Waals surface area contributed by atoms with E-state index in [9.17, 15) is 4.21 Å². The van der Waals surface area contributed by atoms with E-state index in [-0.39, 0.29) is 5.41 Å². The summed E-state index contributed by atoms with van der Waals surface area (Å²) in [5.41, 5.74) is 13.1. The van der Waals surface area contributed by atoms with Gasteiger partial charge in [-0.1, -0.05) is 62.9 Å². The van der Waals surface area contributed by atoms with Crippen LogP contribution in [0.25, 0.3) is 39.5 Å². The fraction of sp³-hybridized carbons (Fsp3) is 0.265. The first kappa shape index (κ1) is 28.9. The molecule has 0 aliphatic carbocycles. The summed E-state index contributed by atoms with van der Waals surface area (Å²) in [5, 5.41) is 1.52. The van der Waals surface area contributed by atoms with Crippen LogP contribution in [0.3, 0.4) is 0 Å². The van der Waals surface area contributed by atoms with Crippen LogP contribution in [0, 0.1) is 5.41 Å². The van der Waals surface area contributed by atoms with Crippen molar-refractivity contribution in [1.29, 1.82) is 0 Å². The first-order chi connectivity index (χ1) is 21.0. The zero-order chi connectivity index (χ0) is 30.0. The number of hydrogen-bond donors (Lipinski definition) is 1. The molecule has 8 nitrogen and oxygen atoms in total. The molecule has 2 aliphatic rings. The van der Waals surface area contributed by atoms with E-state index in [0.29, 0.717) is 11.6 Å². The molecule has 2 N–H and O–H groups in total. The smallest absolute Gasteiger partial charge is 0.165 e. The van der Waals surface area contributed by atoms with E-state index >= 15 is 0 Å². The molecule has 2 aromatic carbocycles. The average Bonchev–Trinajstić information content (AvgIpc) is 3.64. The molecule has 43 heavy (non-hydrogen) atoms. The number of imidazole rings is 1. The number of aromatic nitrogens is 4. The van der Waals surface area contributed by atoms with Crippen molar-refractivity contribution in [3.8, 4) is 28.3 Å². The van der Waals surface area contributed by atoms with Gasteiger partial charge in [-0.25, -0.2) is 23.5 Å². The lowest BCUT2D eigenvalue weighted by Crippen LogP contribution is -2.57. The monoisotopic (exact) mass is 591 g/mol. The van der Waals surface area contributed by atoms with Crippen LogP contribution < -0.4 is 5.73 Å². The molecule has 3 aromatic heterocycles. The third-order valence-electron chi connectivity index (χ3n) is 8.19. The summed E-state index contributed by atoms with van der Waals surface area (Å²) >= 11 is 0. The second-order valence-corrected chi connectivity index (χ2v) is 12.4. The topological polar surface area (TPSA) is 93.2 Å². The van der Waals surface area contributed by atoms with Gasteiger partial charge in [0, 0.05) is 54.4 Å². The van der Waals surface area contributed by atoms with Gasteiger partial charge in [-0.3, -0.25) is 9.47 Å². The van der Waals surface area contributed by atoms with Gasteiger partial charge in [0.1, 0.15) is 22.3 Å². The maximum atomic E-state index is 12.0. The molecule has 5 aromatic rings. The Hall–Kier alpha value is -4.18. The second-order valence-electron chi connectivity index (χ2n) is 11.0. The van der Waals surface area contributed by atoms with Gasteiger partial charge in [0.2, 0.25) is 0 Å². The lowest BCUT2D eigenvalue weighted by atomic mass is 9.81. The van der Waals surface area contributed by atoms with Crippen LogP contribution in [-0.4, -0.2) is 59.1 Å². The van der Waals surface area contributed by atoms with Crippen molar-refractivity contribution in [2.24, 2.45) is 5.41 Å². The van der Waals surface area contributed by atoms with Gasteiger partial charge >= 0.3 is 0 Å². The highest BCUT2D eigenvalue weighted by Crippen LogP contribution is 2.41. The summed E-state index contributed by atoms with van der Waals surface area (Å²) < 4.78 is 16.1. The summed E-state index contributed by atoms with van der Waals surface area (Å²) in [6.45, 7) is 12.4. The predicted octanol–water partition coefficient (Wildman–Crippen LogP) is 6.07. The van der Waals surface area contributed by atoms with E-state index in [0.717, 1.165) is 72.8 Å². The van der Waals surface area contributed by atoms with Crippen LogP contribution in [0.1, 0.15) is 25.8 Å². The number of nitrogen functional groups attached to an aromatic ring is 1. The molecule has 9 heteroatoms. The summed E-state index contributed by atoms with van der Waals surface area (Å²) in [4.78, 5) is 16.8. The van der Waals surface area contributed by atoms with Gasteiger partial charge in [-0.15, -0.1) is 0 Å². The fourth-order valence-electron chi connectivity index (χ4n) is 6.12. The number of anilines is 1. The van der Waals surface area contributed by atoms with Gasteiger partial charge in [-0.2, -0.15) is 0 Å². The summed E-state index contributed by atoms with van der Waals surface area (Å²) in [7, 11) is -1.06. The Labute approximate surface area is 255 Å². The third-order valence-corrected chi connectivity index (χ3v) is 9.24. The van der Waals surface area contributed by atoms with Crippen molar-refractivity contribution >= 4 is 28.0 Å². The third kappa shape index (κ3) is 5.63. The standard InChI is InChI=1S/C32H31N7OS.C2H6/c1-2-41(40)38-21-32(22-38)16-18-37(20-32)19-23-10-12-25(13-11-23)39-30(26-9-6-17-34-29(26)33)36-28-15-14-27(35-31(28)39)24-7-4-3-5-8-24;1-2/h2-15,17H,1,16,18-22H2,(H2,33,34);1-2H3. The predicted molar refractivity (Wildman–Crippen MR) is 176 cm³/mol. The first-order valence-electron chi connectivity index (χ1n) is 14.8. The fourth-order valence-corrected chi connectivity index (χ4v) is 7.14. The molecule has 0 amide bonds. The normalized spacial score (nSPS) is 16.9. The molecular weight excluding hydrogens is 554 g/mol. The molecule has 5 heterocycles. The van der Waals surface area contributed by atoms with Crippen molar-refractivity contribution in [2.45, 2.75) is 26.8 Å². The maximum absolute atomic E-state index is 12.0. The van der Waals surface area contributed by atoms with Crippen LogP contribution in [0.5, 0.6) is 0 Å². The van der Waals surface area contributed by atoms with Crippen LogP contribution in [0.2, 0.25) is 0 Å². The molecule has 1 atom stereocenters. The highest BCUT2D eigenvalue weighted by Gasteiger charge is 2.48. The zero-order valence-electron chi connectivity index (χ0n) is 24.7. The van der Waals surface area contributed by atoms with Crippen LogP contribution >= 0.6 is 0 Å². The largest absolute Gasteiger partial charge is 0.383 e. The Balaban J connectivity index is 0.00000161. The Morgan fingerprint density at radius 2 is 1.72 bits per heavy atom. The Kier molecular flexibility index (Phi) is 8.21. The van der Waals surface area contributed by atoms with Gasteiger partial charge in [0.15, 0.2) is 11.5 Å². The van der Waals surface area contributed by atoms with E-state index < -0.39 is 11.0 Å². The number of benzene rings is 2. The lowest BCUT2D eigenvalue weighted by Gasteiger charge is -2.46. The van der Waals surface area contributed by atoms with Crippen LogP contribution in [-0.2, 0) is 17.5 Å². The molecule has 1 spiro atoms. The van der Waals surface area contributed by atoms with Gasteiger partial charge in [0.25, 0.3) is 0 Å². The molecule has 2 fully saturated rings. The molecule has 0 bridgehead atoms. The van der Waals surface area contributed by atoms with E-state index in [4.69, 9.17) is 15.7 Å². The number of fused-ring (bicyclic) bond motifs is 1. The van der Waals surface area contributed by atoms with E-state index in [2.05, 4.69) is 57.4 Å². The molecule has 220 valence electrons. The Bertz CT molecular complexity index is 1760. The SMILES string of the molecule is C=CS(=O)N1CC2(CCN(Cc3ccc(-n4c(-c5cccnc5N)nc5ccc(-c6ccccc6)nc54)cc3)C2)C1.CC. The van der Waals surface area contributed by atoms with Gasteiger partial charge in [0.05, 0.1) is 11.3 Å². The highest BCUT2D eigenvalue weighted by molar-refractivity contribution is 7.85. The summed E-state index contributed by atoms with van der Waals surface area (Å²) in [5.74, 6) is 1.14. The van der Waals surface area contributed by atoms with E-state index in [1.165, 1.54) is 11.0 Å². The maximum Gasteiger partial charge on any atom is 0.165 e. The summed E-state index contributed by atoms with van der Waals surface area (Å²) in [6, 6.07) is 26.6. The molecule has 2 saturated heterocycles. The molecule has 7 rings (SSSR count). The lowest BCUT2D eigenvalue weighted by molar-refractivity contribution is 0.0828. The minimum atomic E-state index is -1.06. The van der Waals surface area contributed by atoms with E-state index in [1.807, 2.05) is 60.6 Å². The van der Waals surface area contributed by atoms with Crippen molar-refractivity contribution in [3.05, 3.63) is 103 Å².